The average molecular weight is 252 g/mol. The van der Waals surface area contributed by atoms with Gasteiger partial charge in [0.05, 0.1) is 30.7 Å². The Hall–Kier alpha value is -1.45. The Kier molecular flexibility index (Phi) is 3.71. The van der Waals surface area contributed by atoms with E-state index in [9.17, 15) is 0 Å². The molecule has 1 aromatic carbocycles. The third kappa shape index (κ3) is 2.46. The summed E-state index contributed by atoms with van der Waals surface area (Å²) in [5.41, 5.74) is 2.15. The van der Waals surface area contributed by atoms with E-state index in [1.54, 1.807) is 19.6 Å². The Balaban J connectivity index is 2.38. The molecule has 0 saturated heterocycles. The molecule has 0 bridgehead atoms. The van der Waals surface area contributed by atoms with Crippen molar-refractivity contribution in [3.63, 3.8) is 0 Å². The van der Waals surface area contributed by atoms with E-state index in [-0.39, 0.29) is 6.04 Å². The van der Waals surface area contributed by atoms with Gasteiger partial charge in [-0.1, -0.05) is 17.7 Å². The molecule has 0 saturated carbocycles. The van der Waals surface area contributed by atoms with Crippen molar-refractivity contribution in [2.24, 2.45) is 0 Å². The zero-order valence-electron chi connectivity index (χ0n) is 9.74. The van der Waals surface area contributed by atoms with Crippen molar-refractivity contribution < 1.29 is 9.15 Å². The molecule has 0 fully saturated rings. The number of rotatable bonds is 4. The second kappa shape index (κ2) is 5.25. The molecule has 1 N–H and O–H groups in total. The van der Waals surface area contributed by atoms with Crippen LogP contribution in [-0.2, 0) is 0 Å². The highest BCUT2D eigenvalue weighted by molar-refractivity contribution is 6.32. The molecule has 1 atom stereocenters. The Morgan fingerprint density at radius 2 is 2.12 bits per heavy atom. The van der Waals surface area contributed by atoms with Gasteiger partial charge in [-0.3, -0.25) is 0 Å². The molecular weight excluding hydrogens is 238 g/mol. The Morgan fingerprint density at radius 1 is 1.29 bits per heavy atom. The van der Waals surface area contributed by atoms with Gasteiger partial charge in [0.15, 0.2) is 0 Å². The lowest BCUT2D eigenvalue weighted by Crippen LogP contribution is -2.16. The van der Waals surface area contributed by atoms with Gasteiger partial charge in [-0.15, -0.1) is 0 Å². The summed E-state index contributed by atoms with van der Waals surface area (Å²) in [6, 6.07) is 7.73. The summed E-state index contributed by atoms with van der Waals surface area (Å²) in [7, 11) is 3.51. The number of benzene rings is 1. The number of hydrogen-bond acceptors (Lipinski definition) is 3. The van der Waals surface area contributed by atoms with Gasteiger partial charge in [0, 0.05) is 5.56 Å². The first-order chi connectivity index (χ1) is 8.26. The van der Waals surface area contributed by atoms with Crippen LogP contribution in [0.5, 0.6) is 5.75 Å². The third-order valence-electron chi connectivity index (χ3n) is 2.67. The van der Waals surface area contributed by atoms with Crippen LogP contribution in [0.1, 0.15) is 17.2 Å². The lowest BCUT2D eigenvalue weighted by atomic mass is 10.0. The van der Waals surface area contributed by atoms with Crippen LogP contribution in [0.25, 0.3) is 0 Å². The summed E-state index contributed by atoms with van der Waals surface area (Å²) in [4.78, 5) is 0. The van der Waals surface area contributed by atoms with Crippen molar-refractivity contribution in [3.8, 4) is 5.75 Å². The molecule has 0 aliphatic rings. The van der Waals surface area contributed by atoms with Gasteiger partial charge < -0.3 is 14.5 Å². The minimum atomic E-state index is 0.0694. The van der Waals surface area contributed by atoms with Crippen LogP contribution in [0.4, 0.5) is 0 Å². The van der Waals surface area contributed by atoms with Gasteiger partial charge in [-0.2, -0.15) is 0 Å². The van der Waals surface area contributed by atoms with Crippen molar-refractivity contribution >= 4 is 11.6 Å². The first-order valence-electron chi connectivity index (χ1n) is 5.29. The van der Waals surface area contributed by atoms with Gasteiger partial charge in [-0.05, 0) is 30.8 Å². The summed E-state index contributed by atoms with van der Waals surface area (Å²) in [5.74, 6) is 0.674. The minimum absolute atomic E-state index is 0.0694. The van der Waals surface area contributed by atoms with Crippen LogP contribution >= 0.6 is 11.6 Å². The van der Waals surface area contributed by atoms with Crippen molar-refractivity contribution in [1.29, 1.82) is 0 Å². The number of furan rings is 1. The molecule has 1 heterocycles. The van der Waals surface area contributed by atoms with Gasteiger partial charge in [0.25, 0.3) is 0 Å². The summed E-state index contributed by atoms with van der Waals surface area (Å²) >= 11 is 6.01. The summed E-state index contributed by atoms with van der Waals surface area (Å²) < 4.78 is 10.3. The monoisotopic (exact) mass is 251 g/mol. The Labute approximate surface area is 105 Å². The van der Waals surface area contributed by atoms with Crippen LogP contribution < -0.4 is 10.1 Å². The van der Waals surface area contributed by atoms with Gasteiger partial charge in [0.1, 0.15) is 5.75 Å². The molecule has 3 nitrogen and oxygen atoms in total. The van der Waals surface area contributed by atoms with Crippen molar-refractivity contribution in [3.05, 3.63) is 52.9 Å². The van der Waals surface area contributed by atoms with Gasteiger partial charge >= 0.3 is 0 Å². The molecular formula is C13H14ClNO2. The van der Waals surface area contributed by atoms with E-state index < -0.39 is 0 Å². The maximum absolute atomic E-state index is 6.01. The van der Waals surface area contributed by atoms with Crippen LogP contribution in [-0.4, -0.2) is 14.2 Å². The zero-order valence-corrected chi connectivity index (χ0v) is 10.5. The van der Waals surface area contributed by atoms with E-state index in [1.807, 2.05) is 31.3 Å². The van der Waals surface area contributed by atoms with Crippen LogP contribution in [0, 0.1) is 0 Å². The molecule has 2 aromatic rings. The van der Waals surface area contributed by atoms with E-state index in [0.29, 0.717) is 10.8 Å². The second-order valence-corrected chi connectivity index (χ2v) is 4.08. The minimum Gasteiger partial charge on any atom is -0.495 e. The fourth-order valence-electron chi connectivity index (χ4n) is 1.82. The van der Waals surface area contributed by atoms with Crippen molar-refractivity contribution in [2.45, 2.75) is 6.04 Å². The smallest absolute Gasteiger partial charge is 0.137 e. The summed E-state index contributed by atoms with van der Waals surface area (Å²) in [5, 5.41) is 3.84. The first-order valence-corrected chi connectivity index (χ1v) is 5.67. The largest absolute Gasteiger partial charge is 0.495 e. The van der Waals surface area contributed by atoms with E-state index in [0.717, 1.165) is 11.1 Å². The predicted molar refractivity (Wildman–Crippen MR) is 67.6 cm³/mol. The highest BCUT2D eigenvalue weighted by atomic mass is 35.5. The highest BCUT2D eigenvalue weighted by Crippen LogP contribution is 2.30. The molecule has 0 aliphatic heterocycles. The normalized spacial score (nSPS) is 12.4. The molecule has 0 spiro atoms. The molecule has 17 heavy (non-hydrogen) atoms. The van der Waals surface area contributed by atoms with E-state index >= 15 is 0 Å². The topological polar surface area (TPSA) is 34.4 Å². The zero-order chi connectivity index (χ0) is 12.3. The number of ether oxygens (including phenoxy) is 1. The Morgan fingerprint density at radius 3 is 2.71 bits per heavy atom. The number of nitrogens with one attached hydrogen (secondary N) is 1. The summed E-state index contributed by atoms with van der Waals surface area (Å²) in [6.07, 6.45) is 3.38. The lowest BCUT2D eigenvalue weighted by Gasteiger charge is -2.16. The maximum atomic E-state index is 6.01. The number of methoxy groups -OCH3 is 1. The molecule has 1 aromatic heterocycles. The van der Waals surface area contributed by atoms with Crippen LogP contribution in [0.15, 0.2) is 41.2 Å². The molecule has 1 unspecified atom stereocenters. The molecule has 0 amide bonds. The van der Waals surface area contributed by atoms with Gasteiger partial charge in [0.2, 0.25) is 0 Å². The van der Waals surface area contributed by atoms with E-state index in [4.69, 9.17) is 20.8 Å². The standard InChI is InChI=1S/C13H14ClNO2/c1-15-13(10-5-6-17-8-10)9-3-4-11(14)12(7-9)16-2/h3-8,13,15H,1-2H3. The molecule has 0 aliphatic carbocycles. The highest BCUT2D eigenvalue weighted by Gasteiger charge is 2.14. The fraction of sp³-hybridized carbons (Fsp3) is 0.231. The van der Waals surface area contributed by atoms with Gasteiger partial charge in [-0.25, -0.2) is 0 Å². The SMILES string of the molecule is CNC(c1ccoc1)c1ccc(Cl)c(OC)c1. The molecule has 90 valence electrons. The predicted octanol–water partition coefficient (Wildman–Crippen LogP) is 3.25. The average Bonchev–Trinajstić information content (AvgIpc) is 2.86. The van der Waals surface area contributed by atoms with E-state index in [1.165, 1.54) is 0 Å². The maximum Gasteiger partial charge on any atom is 0.137 e. The summed E-state index contributed by atoms with van der Waals surface area (Å²) in [6.45, 7) is 0. The van der Waals surface area contributed by atoms with Crippen molar-refractivity contribution in [2.75, 3.05) is 14.2 Å². The van der Waals surface area contributed by atoms with Crippen LogP contribution in [0.3, 0.4) is 0 Å². The first kappa shape index (κ1) is 12.0. The molecule has 2 rings (SSSR count). The number of hydrogen-bond donors (Lipinski definition) is 1. The lowest BCUT2D eigenvalue weighted by molar-refractivity contribution is 0.414. The molecule has 0 radical (unpaired) electrons. The van der Waals surface area contributed by atoms with Crippen molar-refractivity contribution in [1.82, 2.24) is 5.32 Å². The second-order valence-electron chi connectivity index (χ2n) is 3.67. The molecule has 4 heteroatoms. The number of halogens is 1. The fourth-order valence-corrected chi connectivity index (χ4v) is 2.02. The Bertz CT molecular complexity index is 482. The van der Waals surface area contributed by atoms with Crippen LogP contribution in [0.2, 0.25) is 5.02 Å². The van der Waals surface area contributed by atoms with E-state index in [2.05, 4.69) is 5.32 Å². The quantitative estimate of drug-likeness (QED) is 0.906. The third-order valence-corrected chi connectivity index (χ3v) is 2.99.